The van der Waals surface area contributed by atoms with Gasteiger partial charge in [-0.15, -0.1) is 0 Å². The van der Waals surface area contributed by atoms with Crippen LogP contribution in [0, 0.1) is 5.92 Å². The molecule has 1 aliphatic rings. The maximum atomic E-state index is 11.1. The van der Waals surface area contributed by atoms with E-state index in [-0.39, 0.29) is 11.8 Å². The minimum Gasteiger partial charge on any atom is -0.369 e. The Morgan fingerprint density at radius 3 is 2.76 bits per heavy atom. The third-order valence-corrected chi connectivity index (χ3v) is 2.90. The second-order valence-electron chi connectivity index (χ2n) is 4.12. The Labute approximate surface area is 98.8 Å². The quantitative estimate of drug-likeness (QED) is 0.743. The molecule has 90 valence electrons. The summed E-state index contributed by atoms with van der Waals surface area (Å²) >= 11 is 0. The maximum Gasteiger partial charge on any atom is 0.225 e. The normalized spacial score (nSPS) is 20.0. The number of nitrogens with two attached hydrogens (primary N) is 1. The van der Waals surface area contributed by atoms with Gasteiger partial charge in [-0.3, -0.25) is 9.59 Å². The molecule has 1 aliphatic heterocycles. The highest BCUT2D eigenvalue weighted by molar-refractivity contribution is 5.77. The predicted molar refractivity (Wildman–Crippen MR) is 61.6 cm³/mol. The highest BCUT2D eigenvalue weighted by Crippen LogP contribution is 2.19. The molecule has 17 heavy (non-hydrogen) atoms. The number of anilines is 1. The highest BCUT2D eigenvalue weighted by Gasteiger charge is 2.25. The second-order valence-corrected chi connectivity index (χ2v) is 4.12. The highest BCUT2D eigenvalue weighted by atomic mass is 16.1. The van der Waals surface area contributed by atoms with Crippen LogP contribution >= 0.6 is 0 Å². The Kier molecular flexibility index (Phi) is 3.32. The predicted octanol–water partition coefficient (Wildman–Crippen LogP) is -0.00920. The first kappa shape index (κ1) is 11.5. The van der Waals surface area contributed by atoms with E-state index in [2.05, 4.69) is 9.97 Å². The van der Waals surface area contributed by atoms with Crippen molar-refractivity contribution in [1.82, 2.24) is 9.97 Å². The summed E-state index contributed by atoms with van der Waals surface area (Å²) in [6.45, 7) is 1.36. The smallest absolute Gasteiger partial charge is 0.225 e. The fraction of sp³-hybridized carbons (Fsp3) is 0.455. The summed E-state index contributed by atoms with van der Waals surface area (Å²) in [5.74, 6) is 0.124. The molecule has 0 saturated carbocycles. The van der Waals surface area contributed by atoms with Gasteiger partial charge in [0.1, 0.15) is 0 Å². The van der Waals surface area contributed by atoms with E-state index in [1.165, 1.54) is 12.4 Å². The summed E-state index contributed by atoms with van der Waals surface area (Å²) in [6.07, 6.45) is 5.36. The van der Waals surface area contributed by atoms with E-state index in [0.29, 0.717) is 24.3 Å². The van der Waals surface area contributed by atoms with Crippen LogP contribution < -0.4 is 10.6 Å². The molecular formula is C11H14N4O2. The Hall–Kier alpha value is -1.98. The molecule has 6 heteroatoms. The lowest BCUT2D eigenvalue weighted by molar-refractivity contribution is -0.122. The number of carbonyl (C=O) groups is 2. The molecule has 0 aromatic carbocycles. The van der Waals surface area contributed by atoms with E-state index in [1.54, 1.807) is 0 Å². The molecule has 1 unspecified atom stereocenters. The van der Waals surface area contributed by atoms with Crippen molar-refractivity contribution in [2.45, 2.75) is 12.8 Å². The number of rotatable bonds is 3. The Morgan fingerprint density at radius 1 is 1.47 bits per heavy atom. The number of aromatic nitrogens is 2. The van der Waals surface area contributed by atoms with E-state index < -0.39 is 0 Å². The Balaban J connectivity index is 2.10. The van der Waals surface area contributed by atoms with Gasteiger partial charge < -0.3 is 10.6 Å². The third kappa shape index (κ3) is 2.58. The molecule has 1 amide bonds. The van der Waals surface area contributed by atoms with Crippen LogP contribution in [0.1, 0.15) is 23.2 Å². The largest absolute Gasteiger partial charge is 0.369 e. The van der Waals surface area contributed by atoms with Crippen LogP contribution in [0.2, 0.25) is 0 Å². The van der Waals surface area contributed by atoms with Crippen molar-refractivity contribution < 1.29 is 9.59 Å². The van der Waals surface area contributed by atoms with Gasteiger partial charge in [0, 0.05) is 25.5 Å². The van der Waals surface area contributed by atoms with Crippen LogP contribution in [0.25, 0.3) is 0 Å². The summed E-state index contributed by atoms with van der Waals surface area (Å²) in [5.41, 5.74) is 5.74. The van der Waals surface area contributed by atoms with Crippen molar-refractivity contribution in [2.24, 2.45) is 11.7 Å². The fourth-order valence-electron chi connectivity index (χ4n) is 1.95. The minimum atomic E-state index is -0.279. The van der Waals surface area contributed by atoms with Crippen LogP contribution in [-0.2, 0) is 4.79 Å². The molecule has 1 aromatic rings. The molecule has 0 bridgehead atoms. The average Bonchev–Trinajstić information content (AvgIpc) is 2.39. The summed E-state index contributed by atoms with van der Waals surface area (Å²) in [6, 6.07) is 0. The van der Waals surface area contributed by atoms with Crippen LogP contribution in [-0.4, -0.2) is 35.3 Å². The molecule has 0 radical (unpaired) electrons. The van der Waals surface area contributed by atoms with E-state index in [1.807, 2.05) is 4.90 Å². The van der Waals surface area contributed by atoms with Crippen molar-refractivity contribution in [1.29, 1.82) is 0 Å². The zero-order valence-electron chi connectivity index (χ0n) is 9.37. The lowest BCUT2D eigenvalue weighted by Gasteiger charge is -2.31. The number of aldehydes is 1. The Morgan fingerprint density at radius 2 is 2.18 bits per heavy atom. The number of primary amides is 1. The number of carbonyl (C=O) groups excluding carboxylic acids is 2. The third-order valence-electron chi connectivity index (χ3n) is 2.90. The van der Waals surface area contributed by atoms with E-state index >= 15 is 0 Å². The molecule has 6 nitrogen and oxygen atoms in total. The maximum absolute atomic E-state index is 11.1. The van der Waals surface area contributed by atoms with Crippen LogP contribution in [0.5, 0.6) is 0 Å². The molecule has 2 N–H and O–H groups in total. The first-order chi connectivity index (χ1) is 8.20. The number of amides is 1. The molecule has 1 atom stereocenters. The van der Waals surface area contributed by atoms with E-state index in [9.17, 15) is 9.59 Å². The second kappa shape index (κ2) is 4.90. The SMILES string of the molecule is NC(=O)C1CCCN(c2ncc(C=O)cn2)C1. The lowest BCUT2D eigenvalue weighted by atomic mass is 9.98. The van der Waals surface area contributed by atoms with Crippen molar-refractivity contribution in [3.63, 3.8) is 0 Å². The standard InChI is InChI=1S/C11H14N4O2/c12-10(17)9-2-1-3-15(6-9)11-13-4-8(7-16)5-14-11/h4-5,7,9H,1-3,6H2,(H2,12,17). The fourth-order valence-corrected chi connectivity index (χ4v) is 1.95. The number of hydrogen-bond acceptors (Lipinski definition) is 5. The molecule has 2 rings (SSSR count). The molecule has 0 aliphatic carbocycles. The van der Waals surface area contributed by atoms with Crippen molar-refractivity contribution in [2.75, 3.05) is 18.0 Å². The van der Waals surface area contributed by atoms with Crippen LogP contribution in [0.15, 0.2) is 12.4 Å². The van der Waals surface area contributed by atoms with Gasteiger partial charge in [0.25, 0.3) is 0 Å². The molecule has 1 fully saturated rings. The molecule has 1 saturated heterocycles. The van der Waals surface area contributed by atoms with Gasteiger partial charge in [0.15, 0.2) is 6.29 Å². The minimum absolute atomic E-state index is 0.141. The summed E-state index contributed by atoms with van der Waals surface area (Å²) in [4.78, 5) is 31.7. The molecule has 1 aromatic heterocycles. The lowest BCUT2D eigenvalue weighted by Crippen LogP contribution is -2.41. The van der Waals surface area contributed by atoms with Gasteiger partial charge in [-0.05, 0) is 12.8 Å². The van der Waals surface area contributed by atoms with Gasteiger partial charge >= 0.3 is 0 Å². The molecule has 2 heterocycles. The first-order valence-electron chi connectivity index (χ1n) is 5.52. The number of nitrogens with zero attached hydrogens (tertiary/aromatic N) is 3. The number of hydrogen-bond donors (Lipinski definition) is 1. The monoisotopic (exact) mass is 234 g/mol. The van der Waals surface area contributed by atoms with E-state index in [4.69, 9.17) is 5.73 Å². The van der Waals surface area contributed by atoms with Crippen molar-refractivity contribution >= 4 is 18.1 Å². The summed E-state index contributed by atoms with van der Waals surface area (Å²) < 4.78 is 0. The molecular weight excluding hydrogens is 220 g/mol. The van der Waals surface area contributed by atoms with Gasteiger partial charge in [0.2, 0.25) is 11.9 Å². The Bertz CT molecular complexity index is 418. The molecule has 0 spiro atoms. The van der Waals surface area contributed by atoms with Gasteiger partial charge in [-0.25, -0.2) is 9.97 Å². The summed E-state index contributed by atoms with van der Waals surface area (Å²) in [5, 5.41) is 0. The number of piperidine rings is 1. The zero-order chi connectivity index (χ0) is 12.3. The average molecular weight is 234 g/mol. The summed E-state index contributed by atoms with van der Waals surface area (Å²) in [7, 11) is 0. The van der Waals surface area contributed by atoms with Gasteiger partial charge in [-0.2, -0.15) is 0 Å². The van der Waals surface area contributed by atoms with Gasteiger partial charge in [-0.1, -0.05) is 0 Å². The van der Waals surface area contributed by atoms with Crippen LogP contribution in [0.4, 0.5) is 5.95 Å². The van der Waals surface area contributed by atoms with Crippen molar-refractivity contribution in [3.8, 4) is 0 Å². The topological polar surface area (TPSA) is 89.2 Å². The van der Waals surface area contributed by atoms with Crippen molar-refractivity contribution in [3.05, 3.63) is 18.0 Å². The van der Waals surface area contributed by atoms with E-state index in [0.717, 1.165) is 19.4 Å². The van der Waals surface area contributed by atoms with Gasteiger partial charge in [0.05, 0.1) is 11.5 Å². The first-order valence-corrected chi connectivity index (χ1v) is 5.52. The zero-order valence-corrected chi connectivity index (χ0v) is 9.37. The van der Waals surface area contributed by atoms with Crippen LogP contribution in [0.3, 0.4) is 0 Å².